The second-order valence-electron chi connectivity index (χ2n) is 4.61. The molecule has 23 heavy (non-hydrogen) atoms. The normalized spacial score (nSPS) is 11.4. The van der Waals surface area contributed by atoms with Gasteiger partial charge in [-0.3, -0.25) is 9.59 Å². The largest absolute Gasteiger partial charge is 0.467 e. The van der Waals surface area contributed by atoms with E-state index in [9.17, 15) is 14.4 Å². The summed E-state index contributed by atoms with van der Waals surface area (Å²) in [6.45, 7) is -0.207. The number of carbonyl (C=O) groups is 3. The van der Waals surface area contributed by atoms with Gasteiger partial charge in [-0.05, 0) is 42.7 Å². The quantitative estimate of drug-likeness (QED) is 0.644. The van der Waals surface area contributed by atoms with Crippen LogP contribution in [0.3, 0.4) is 0 Å². The van der Waals surface area contributed by atoms with Crippen LogP contribution in [-0.4, -0.2) is 49.5 Å². The second-order valence-corrected chi connectivity index (χ2v) is 6.52. The average molecular weight is 403 g/mol. The van der Waals surface area contributed by atoms with E-state index in [1.165, 1.54) is 7.11 Å². The van der Waals surface area contributed by atoms with Crippen molar-refractivity contribution in [2.75, 3.05) is 25.7 Å². The van der Waals surface area contributed by atoms with E-state index in [2.05, 4.69) is 31.3 Å². The number of esters is 1. The SMILES string of the molecule is COC(=O)[C@H](CCSC)NC(=O)CNC(=O)c1ccc(Br)cc1. The van der Waals surface area contributed by atoms with Crippen molar-refractivity contribution in [2.24, 2.45) is 0 Å². The Hall–Kier alpha value is -1.54. The summed E-state index contributed by atoms with van der Waals surface area (Å²) < 4.78 is 5.52. The first-order valence-corrected chi connectivity index (χ1v) is 9.06. The molecule has 2 N–H and O–H groups in total. The molecule has 0 unspecified atom stereocenters. The van der Waals surface area contributed by atoms with Gasteiger partial charge in [0.1, 0.15) is 6.04 Å². The van der Waals surface area contributed by atoms with E-state index < -0.39 is 17.9 Å². The van der Waals surface area contributed by atoms with Crippen molar-refractivity contribution in [3.05, 3.63) is 34.3 Å². The number of nitrogens with one attached hydrogen (secondary N) is 2. The highest BCUT2D eigenvalue weighted by Gasteiger charge is 2.21. The average Bonchev–Trinajstić information content (AvgIpc) is 2.56. The molecule has 6 nitrogen and oxygen atoms in total. The number of hydrogen-bond acceptors (Lipinski definition) is 5. The molecule has 0 fully saturated rings. The van der Waals surface area contributed by atoms with E-state index in [1.807, 2.05) is 6.26 Å². The molecule has 0 heterocycles. The van der Waals surface area contributed by atoms with Gasteiger partial charge in [-0.2, -0.15) is 11.8 Å². The summed E-state index contributed by atoms with van der Waals surface area (Å²) in [4.78, 5) is 35.4. The maximum absolute atomic E-state index is 11.9. The molecule has 0 radical (unpaired) electrons. The third kappa shape index (κ3) is 7.04. The first-order chi connectivity index (χ1) is 11.0. The second kappa shape index (κ2) is 10.3. The maximum Gasteiger partial charge on any atom is 0.328 e. The summed E-state index contributed by atoms with van der Waals surface area (Å²) in [5, 5.41) is 5.08. The minimum absolute atomic E-state index is 0.207. The molecule has 0 aromatic heterocycles. The molecule has 1 aromatic rings. The molecule has 0 aliphatic heterocycles. The van der Waals surface area contributed by atoms with Gasteiger partial charge in [-0.15, -0.1) is 0 Å². The minimum Gasteiger partial charge on any atom is -0.467 e. The van der Waals surface area contributed by atoms with Gasteiger partial charge in [0, 0.05) is 10.0 Å². The first-order valence-electron chi connectivity index (χ1n) is 6.87. The van der Waals surface area contributed by atoms with E-state index in [4.69, 9.17) is 0 Å². The zero-order valence-corrected chi connectivity index (χ0v) is 15.3. The molecule has 0 spiro atoms. The molecule has 0 aliphatic rings. The summed E-state index contributed by atoms with van der Waals surface area (Å²) in [5.41, 5.74) is 0.452. The van der Waals surface area contributed by atoms with Crippen molar-refractivity contribution >= 4 is 45.5 Å². The Bertz CT molecular complexity index is 551. The first kappa shape index (κ1) is 19.5. The Balaban J connectivity index is 2.49. The zero-order chi connectivity index (χ0) is 17.2. The summed E-state index contributed by atoms with van der Waals surface area (Å²) in [5.74, 6) is -0.573. The third-order valence-corrected chi connectivity index (χ3v) is 4.12. The molecule has 0 saturated carbocycles. The van der Waals surface area contributed by atoms with Crippen LogP contribution < -0.4 is 10.6 Å². The number of ether oxygens (including phenoxy) is 1. The zero-order valence-electron chi connectivity index (χ0n) is 12.9. The Morgan fingerprint density at radius 3 is 2.48 bits per heavy atom. The van der Waals surface area contributed by atoms with Crippen LogP contribution in [0.1, 0.15) is 16.8 Å². The van der Waals surface area contributed by atoms with Crippen molar-refractivity contribution in [1.29, 1.82) is 0 Å². The lowest BCUT2D eigenvalue weighted by Crippen LogP contribution is -2.46. The molecule has 1 aromatic carbocycles. The van der Waals surface area contributed by atoms with E-state index in [-0.39, 0.29) is 12.5 Å². The summed E-state index contributed by atoms with van der Waals surface area (Å²) in [6.07, 6.45) is 2.38. The summed E-state index contributed by atoms with van der Waals surface area (Å²) >= 11 is 4.85. The number of benzene rings is 1. The lowest BCUT2D eigenvalue weighted by molar-refractivity contribution is -0.145. The van der Waals surface area contributed by atoms with E-state index in [0.29, 0.717) is 17.7 Å². The minimum atomic E-state index is -0.704. The number of thioether (sulfide) groups is 1. The van der Waals surface area contributed by atoms with Gasteiger partial charge in [-0.1, -0.05) is 15.9 Å². The van der Waals surface area contributed by atoms with Crippen molar-refractivity contribution in [3.8, 4) is 0 Å². The van der Waals surface area contributed by atoms with Gasteiger partial charge >= 0.3 is 5.97 Å². The maximum atomic E-state index is 11.9. The highest BCUT2D eigenvalue weighted by atomic mass is 79.9. The van der Waals surface area contributed by atoms with Crippen LogP contribution in [0.2, 0.25) is 0 Å². The Kier molecular flexibility index (Phi) is 8.71. The molecule has 126 valence electrons. The fourth-order valence-corrected chi connectivity index (χ4v) is 2.47. The van der Waals surface area contributed by atoms with Crippen LogP contribution in [-0.2, 0) is 14.3 Å². The third-order valence-electron chi connectivity index (χ3n) is 2.95. The van der Waals surface area contributed by atoms with Gasteiger partial charge in [0.15, 0.2) is 0 Å². The summed E-state index contributed by atoms with van der Waals surface area (Å²) in [7, 11) is 1.27. The predicted octanol–water partition coefficient (Wildman–Crippen LogP) is 1.59. The van der Waals surface area contributed by atoms with Gasteiger partial charge in [-0.25, -0.2) is 4.79 Å². The highest BCUT2D eigenvalue weighted by Crippen LogP contribution is 2.10. The number of hydrogen-bond donors (Lipinski definition) is 2. The van der Waals surface area contributed by atoms with Crippen molar-refractivity contribution in [3.63, 3.8) is 0 Å². The van der Waals surface area contributed by atoms with E-state index >= 15 is 0 Å². The fraction of sp³-hybridized carbons (Fsp3) is 0.400. The lowest BCUT2D eigenvalue weighted by Gasteiger charge is -2.16. The molecular formula is C15H19BrN2O4S. The van der Waals surface area contributed by atoms with Crippen LogP contribution in [0.15, 0.2) is 28.7 Å². The standard InChI is InChI=1S/C15H19BrN2O4S/c1-22-15(21)12(7-8-23-2)18-13(19)9-17-14(20)10-3-5-11(16)6-4-10/h3-6,12H,7-9H2,1-2H3,(H,17,20)(H,18,19)/t12-/m0/s1. The molecular weight excluding hydrogens is 384 g/mol. The predicted molar refractivity (Wildman–Crippen MR) is 93.4 cm³/mol. The molecule has 0 aliphatic carbocycles. The van der Waals surface area contributed by atoms with Gasteiger partial charge in [0.2, 0.25) is 5.91 Å². The molecule has 0 saturated heterocycles. The van der Waals surface area contributed by atoms with Crippen LogP contribution >= 0.6 is 27.7 Å². The monoisotopic (exact) mass is 402 g/mol. The van der Waals surface area contributed by atoms with Crippen LogP contribution in [0, 0.1) is 0 Å². The lowest BCUT2D eigenvalue weighted by atomic mass is 10.2. The number of carbonyl (C=O) groups excluding carboxylic acids is 3. The van der Waals surface area contributed by atoms with Crippen molar-refractivity contribution < 1.29 is 19.1 Å². The smallest absolute Gasteiger partial charge is 0.328 e. The Morgan fingerprint density at radius 1 is 1.26 bits per heavy atom. The molecule has 8 heteroatoms. The molecule has 1 atom stereocenters. The van der Waals surface area contributed by atoms with Crippen molar-refractivity contribution in [1.82, 2.24) is 10.6 Å². The number of methoxy groups -OCH3 is 1. The molecule has 2 amide bonds. The Morgan fingerprint density at radius 2 is 1.91 bits per heavy atom. The molecule has 0 bridgehead atoms. The highest BCUT2D eigenvalue weighted by molar-refractivity contribution is 9.10. The summed E-state index contributed by atoms with van der Waals surface area (Å²) in [6, 6.07) is 6.07. The van der Waals surface area contributed by atoms with Crippen molar-refractivity contribution in [2.45, 2.75) is 12.5 Å². The number of amides is 2. The topological polar surface area (TPSA) is 84.5 Å². The van der Waals surface area contributed by atoms with Crippen LogP contribution in [0.5, 0.6) is 0 Å². The van der Waals surface area contributed by atoms with Gasteiger partial charge in [0.05, 0.1) is 13.7 Å². The van der Waals surface area contributed by atoms with E-state index in [0.717, 1.165) is 4.47 Å². The molecule has 1 rings (SSSR count). The van der Waals surface area contributed by atoms with Gasteiger partial charge in [0.25, 0.3) is 5.91 Å². The fourth-order valence-electron chi connectivity index (χ4n) is 1.74. The number of rotatable bonds is 8. The Labute approximate surface area is 147 Å². The van der Waals surface area contributed by atoms with E-state index in [1.54, 1.807) is 36.0 Å². The number of halogens is 1. The van der Waals surface area contributed by atoms with Crippen LogP contribution in [0.4, 0.5) is 0 Å². The van der Waals surface area contributed by atoms with Gasteiger partial charge < -0.3 is 15.4 Å². The van der Waals surface area contributed by atoms with Crippen LogP contribution in [0.25, 0.3) is 0 Å².